The standard InChI is InChI=1S/C8H13B3/c9-11-10-7-6-8-4-2-1-3-5-8/h6H,1-5,7H2. The van der Waals surface area contributed by atoms with Crippen LogP contribution in [0.1, 0.15) is 32.1 Å². The molecule has 1 rings (SSSR count). The Kier molecular flexibility index (Phi) is 4.57. The Hall–Kier alpha value is -0.0652. The molecule has 0 N–H and O–H groups in total. The quantitative estimate of drug-likeness (QED) is 0.319. The molecule has 0 nitrogen and oxygen atoms in total. The van der Waals surface area contributed by atoms with E-state index in [1.165, 1.54) is 32.1 Å². The smallest absolute Gasteiger partial charge is 0.0595 e. The van der Waals surface area contributed by atoms with Crippen LogP contribution in [-0.2, 0) is 0 Å². The summed E-state index contributed by atoms with van der Waals surface area (Å²) < 4.78 is 0. The van der Waals surface area contributed by atoms with Crippen molar-refractivity contribution >= 4 is 22.0 Å². The van der Waals surface area contributed by atoms with E-state index in [0.29, 0.717) is 0 Å². The molecular weight excluding hydrogens is 129 g/mol. The molecule has 0 amide bonds. The van der Waals surface area contributed by atoms with E-state index in [1.54, 1.807) is 12.6 Å². The lowest BCUT2D eigenvalue weighted by atomic mass is 9.27. The van der Waals surface area contributed by atoms with E-state index in [9.17, 15) is 0 Å². The molecule has 0 unspecified atom stereocenters. The highest BCUT2D eigenvalue weighted by molar-refractivity contribution is 7.23. The molecule has 1 aliphatic carbocycles. The lowest BCUT2D eigenvalue weighted by molar-refractivity contribution is 0.598. The van der Waals surface area contributed by atoms with E-state index in [2.05, 4.69) is 6.08 Å². The van der Waals surface area contributed by atoms with Crippen molar-refractivity contribution in [3.05, 3.63) is 11.6 Å². The first kappa shape index (κ1) is 9.03. The third-order valence-electron chi connectivity index (χ3n) is 2.17. The fourth-order valence-corrected chi connectivity index (χ4v) is 1.52. The molecule has 0 aromatic rings. The Morgan fingerprint density at radius 3 is 2.64 bits per heavy atom. The van der Waals surface area contributed by atoms with Crippen molar-refractivity contribution in [2.75, 3.05) is 0 Å². The predicted molar refractivity (Wildman–Crippen MR) is 53.2 cm³/mol. The van der Waals surface area contributed by atoms with Crippen molar-refractivity contribution in [3.63, 3.8) is 0 Å². The highest BCUT2D eigenvalue weighted by Gasteiger charge is 2.03. The zero-order valence-corrected chi connectivity index (χ0v) is 7.05. The average Bonchev–Trinajstić information content (AvgIpc) is 2.07. The normalized spacial score (nSPS) is 17.6. The minimum Gasteiger partial charge on any atom is -0.0940 e. The molecule has 54 valence electrons. The lowest BCUT2D eigenvalue weighted by Gasteiger charge is -2.12. The van der Waals surface area contributed by atoms with Gasteiger partial charge in [0.2, 0.25) is 0 Å². The minimum absolute atomic E-state index is 1.02. The van der Waals surface area contributed by atoms with Crippen molar-refractivity contribution < 1.29 is 0 Å². The van der Waals surface area contributed by atoms with Gasteiger partial charge in [-0.15, -0.1) is 0 Å². The molecule has 0 spiro atoms. The van der Waals surface area contributed by atoms with Gasteiger partial charge in [0, 0.05) is 14.8 Å². The summed E-state index contributed by atoms with van der Waals surface area (Å²) in [6, 6.07) is 0. The van der Waals surface area contributed by atoms with Crippen LogP contribution < -0.4 is 0 Å². The van der Waals surface area contributed by atoms with Crippen LogP contribution in [0, 0.1) is 0 Å². The summed E-state index contributed by atoms with van der Waals surface area (Å²) in [4.78, 5) is 0. The third kappa shape index (κ3) is 3.74. The zero-order valence-electron chi connectivity index (χ0n) is 7.05. The van der Waals surface area contributed by atoms with Gasteiger partial charge in [0.1, 0.15) is 0 Å². The summed E-state index contributed by atoms with van der Waals surface area (Å²) in [5, 5.41) is 0. The van der Waals surface area contributed by atoms with Crippen LogP contribution in [0.4, 0.5) is 0 Å². The van der Waals surface area contributed by atoms with E-state index in [4.69, 9.17) is 7.74 Å². The summed E-state index contributed by atoms with van der Waals surface area (Å²) >= 11 is 0. The molecule has 0 aliphatic heterocycles. The second-order valence-corrected chi connectivity index (χ2v) is 3.09. The van der Waals surface area contributed by atoms with Crippen molar-refractivity contribution in [1.29, 1.82) is 0 Å². The van der Waals surface area contributed by atoms with E-state index < -0.39 is 0 Å². The van der Waals surface area contributed by atoms with E-state index >= 15 is 0 Å². The maximum Gasteiger partial charge on any atom is 0.0595 e. The Balaban J connectivity index is 2.15. The van der Waals surface area contributed by atoms with Crippen molar-refractivity contribution in [3.8, 4) is 0 Å². The maximum absolute atomic E-state index is 5.23. The van der Waals surface area contributed by atoms with Crippen LogP contribution in [0.15, 0.2) is 11.6 Å². The Labute approximate surface area is 72.7 Å². The Bertz CT molecular complexity index is 123. The molecule has 11 heavy (non-hydrogen) atoms. The highest BCUT2D eigenvalue weighted by Crippen LogP contribution is 2.22. The summed E-state index contributed by atoms with van der Waals surface area (Å²) in [5.74, 6) is 0. The predicted octanol–water partition coefficient (Wildman–Crippen LogP) is 1.70. The molecular formula is C8H13B3. The van der Waals surface area contributed by atoms with E-state index in [-0.39, 0.29) is 0 Å². The van der Waals surface area contributed by atoms with Crippen LogP contribution >= 0.6 is 0 Å². The highest BCUT2D eigenvalue weighted by atomic mass is 14.1. The molecule has 1 aliphatic rings. The second kappa shape index (κ2) is 5.57. The average molecular weight is 142 g/mol. The van der Waals surface area contributed by atoms with E-state index in [1.807, 2.05) is 7.17 Å². The van der Waals surface area contributed by atoms with Gasteiger partial charge in [-0.2, -0.15) is 0 Å². The van der Waals surface area contributed by atoms with Gasteiger partial charge in [-0.3, -0.25) is 0 Å². The molecule has 1 saturated carbocycles. The van der Waals surface area contributed by atoms with Gasteiger partial charge in [-0.25, -0.2) is 0 Å². The summed E-state index contributed by atoms with van der Waals surface area (Å²) in [5.41, 5.74) is 1.63. The largest absolute Gasteiger partial charge is 0.0940 e. The molecule has 0 bridgehead atoms. The maximum atomic E-state index is 5.23. The van der Waals surface area contributed by atoms with Gasteiger partial charge in [-0.1, -0.05) is 24.4 Å². The van der Waals surface area contributed by atoms with Gasteiger partial charge in [0.05, 0.1) is 7.17 Å². The van der Waals surface area contributed by atoms with Crippen molar-refractivity contribution in [2.24, 2.45) is 0 Å². The topological polar surface area (TPSA) is 0 Å². The van der Waals surface area contributed by atoms with Gasteiger partial charge >= 0.3 is 0 Å². The summed E-state index contributed by atoms with van der Waals surface area (Å²) in [6.07, 6.45) is 10.2. The Morgan fingerprint density at radius 2 is 2.00 bits per heavy atom. The van der Waals surface area contributed by atoms with Gasteiger partial charge < -0.3 is 0 Å². The summed E-state index contributed by atoms with van der Waals surface area (Å²) in [7, 11) is 8.86. The Morgan fingerprint density at radius 1 is 1.27 bits per heavy atom. The minimum atomic E-state index is 1.02. The SMILES string of the molecule is [B][B][B]CC=C1CCCCC1. The van der Waals surface area contributed by atoms with Crippen LogP contribution in [0.5, 0.6) is 0 Å². The van der Waals surface area contributed by atoms with E-state index in [0.717, 1.165) is 6.32 Å². The van der Waals surface area contributed by atoms with Gasteiger partial charge in [0.25, 0.3) is 0 Å². The number of rotatable bonds is 3. The van der Waals surface area contributed by atoms with Gasteiger partial charge in [0.15, 0.2) is 0 Å². The lowest BCUT2D eigenvalue weighted by Crippen LogP contribution is -2.01. The molecule has 3 heteroatoms. The molecule has 4 radical (unpaired) electrons. The molecule has 1 fully saturated rings. The second-order valence-electron chi connectivity index (χ2n) is 3.09. The molecule has 0 aromatic carbocycles. The summed E-state index contributed by atoms with van der Waals surface area (Å²) in [6.45, 7) is 0. The van der Waals surface area contributed by atoms with Crippen LogP contribution in [0.25, 0.3) is 0 Å². The molecule has 0 atom stereocenters. The van der Waals surface area contributed by atoms with Crippen LogP contribution in [0.2, 0.25) is 6.32 Å². The number of hydrogen-bond acceptors (Lipinski definition) is 0. The molecule has 0 saturated heterocycles. The van der Waals surface area contributed by atoms with Crippen LogP contribution in [-0.4, -0.2) is 22.0 Å². The zero-order chi connectivity index (χ0) is 7.94. The first-order valence-electron chi connectivity index (χ1n) is 4.48. The fourth-order valence-electron chi connectivity index (χ4n) is 1.52. The third-order valence-corrected chi connectivity index (χ3v) is 2.17. The van der Waals surface area contributed by atoms with Crippen molar-refractivity contribution in [1.82, 2.24) is 0 Å². The molecule has 0 aromatic heterocycles. The monoisotopic (exact) mass is 142 g/mol. The number of hydrogen-bond donors (Lipinski definition) is 0. The number of allylic oxidation sites excluding steroid dienone is 2. The van der Waals surface area contributed by atoms with Gasteiger partial charge in [-0.05, 0) is 25.7 Å². The van der Waals surface area contributed by atoms with Crippen LogP contribution in [0.3, 0.4) is 0 Å². The first-order chi connectivity index (χ1) is 5.43. The van der Waals surface area contributed by atoms with Crippen molar-refractivity contribution in [2.45, 2.75) is 38.4 Å². The fraction of sp³-hybridized carbons (Fsp3) is 0.750. The molecule has 0 heterocycles. The first-order valence-corrected chi connectivity index (χ1v) is 4.48.